The maximum absolute atomic E-state index is 12.6. The lowest BCUT2D eigenvalue weighted by Crippen LogP contribution is -2.45. The van der Waals surface area contributed by atoms with E-state index >= 15 is 0 Å². The summed E-state index contributed by atoms with van der Waals surface area (Å²) in [7, 11) is 0. The molecule has 2 aliphatic rings. The first kappa shape index (κ1) is 21.5. The van der Waals surface area contributed by atoms with E-state index in [1.54, 1.807) is 24.3 Å². The molecule has 0 saturated heterocycles. The highest BCUT2D eigenvalue weighted by Crippen LogP contribution is 2.35. The van der Waals surface area contributed by atoms with Gasteiger partial charge in [-0.2, -0.15) is 0 Å². The Morgan fingerprint density at radius 2 is 1.76 bits per heavy atom. The summed E-state index contributed by atoms with van der Waals surface area (Å²) < 4.78 is 16.5. The molecule has 0 aromatic heterocycles. The fourth-order valence-electron chi connectivity index (χ4n) is 4.54. The van der Waals surface area contributed by atoms with Crippen molar-refractivity contribution in [1.29, 1.82) is 0 Å². The summed E-state index contributed by atoms with van der Waals surface area (Å²) in [5.41, 5.74) is 0. The first-order valence-corrected chi connectivity index (χ1v) is 10.8. The van der Waals surface area contributed by atoms with Gasteiger partial charge in [0, 0.05) is 0 Å². The summed E-state index contributed by atoms with van der Waals surface area (Å²) in [5, 5.41) is 2.93. The molecule has 160 valence electrons. The number of ether oxygens (including phenoxy) is 3. The smallest absolute Gasteiger partial charge is 0.446 e. The molecular weight excluding hydrogens is 370 g/mol. The van der Waals surface area contributed by atoms with Gasteiger partial charge in [0.25, 0.3) is 0 Å². The van der Waals surface area contributed by atoms with Gasteiger partial charge in [0.05, 0.1) is 6.04 Å². The summed E-state index contributed by atoms with van der Waals surface area (Å²) in [6, 6.07) is 8.56. The largest absolute Gasteiger partial charge is 0.514 e. The molecule has 1 aromatic carbocycles. The lowest BCUT2D eigenvalue weighted by molar-refractivity contribution is 0.000622. The van der Waals surface area contributed by atoms with Crippen molar-refractivity contribution in [2.24, 2.45) is 17.8 Å². The Hall–Kier alpha value is -2.24. The summed E-state index contributed by atoms with van der Waals surface area (Å²) in [6.07, 6.45) is 3.91. The first-order valence-electron chi connectivity index (χ1n) is 10.8. The number of carbonyl (C=O) groups excluding carboxylic acids is 2. The predicted octanol–water partition coefficient (Wildman–Crippen LogP) is 5.31. The molecule has 0 heterocycles. The molecule has 2 aliphatic carbocycles. The molecule has 1 N–H and O–H groups in total. The van der Waals surface area contributed by atoms with Crippen molar-refractivity contribution in [1.82, 2.24) is 5.32 Å². The summed E-state index contributed by atoms with van der Waals surface area (Å²) in [6.45, 7) is 6.59. The Morgan fingerprint density at radius 3 is 2.48 bits per heavy atom. The Morgan fingerprint density at radius 1 is 1.00 bits per heavy atom. The van der Waals surface area contributed by atoms with Gasteiger partial charge in [-0.05, 0) is 62.0 Å². The number of alkyl carbamates (subject to hydrolysis) is 1. The van der Waals surface area contributed by atoms with E-state index in [0.717, 1.165) is 25.7 Å². The molecule has 3 rings (SSSR count). The van der Waals surface area contributed by atoms with Gasteiger partial charge >= 0.3 is 12.2 Å². The number of amides is 1. The first-order chi connectivity index (χ1) is 13.9. The molecule has 1 amide bonds. The molecule has 6 nitrogen and oxygen atoms in total. The molecule has 2 unspecified atom stereocenters. The number of para-hydroxylation sites is 1. The third-order valence-corrected chi connectivity index (χ3v) is 6.17. The van der Waals surface area contributed by atoms with E-state index in [1.165, 1.54) is 6.42 Å². The minimum Gasteiger partial charge on any atom is -0.446 e. The molecular formula is C23H33NO5. The van der Waals surface area contributed by atoms with Crippen LogP contribution in [0.1, 0.15) is 59.3 Å². The van der Waals surface area contributed by atoms with Crippen molar-refractivity contribution in [3.05, 3.63) is 30.3 Å². The van der Waals surface area contributed by atoms with E-state index in [-0.39, 0.29) is 12.1 Å². The molecule has 2 saturated carbocycles. The number of benzene rings is 1. The third kappa shape index (κ3) is 6.12. The molecule has 0 radical (unpaired) electrons. The van der Waals surface area contributed by atoms with E-state index in [1.807, 2.05) is 6.07 Å². The van der Waals surface area contributed by atoms with Crippen molar-refractivity contribution < 1.29 is 23.8 Å². The zero-order valence-electron chi connectivity index (χ0n) is 17.6. The third-order valence-electron chi connectivity index (χ3n) is 6.17. The van der Waals surface area contributed by atoms with Gasteiger partial charge in [0.15, 0.2) is 0 Å². The number of nitrogens with one attached hydrogen (secondary N) is 1. The van der Waals surface area contributed by atoms with Crippen LogP contribution in [0.5, 0.6) is 5.75 Å². The van der Waals surface area contributed by atoms with Crippen molar-refractivity contribution in [2.75, 3.05) is 0 Å². The van der Waals surface area contributed by atoms with Crippen LogP contribution < -0.4 is 10.1 Å². The van der Waals surface area contributed by atoms with E-state index in [0.29, 0.717) is 29.9 Å². The van der Waals surface area contributed by atoms with E-state index < -0.39 is 18.4 Å². The Balaban J connectivity index is 1.50. The fourth-order valence-corrected chi connectivity index (χ4v) is 4.54. The molecule has 2 fully saturated rings. The molecule has 5 atom stereocenters. The van der Waals surface area contributed by atoms with Crippen LogP contribution in [0.25, 0.3) is 0 Å². The molecule has 0 spiro atoms. The second-order valence-corrected chi connectivity index (χ2v) is 8.77. The van der Waals surface area contributed by atoms with E-state index in [4.69, 9.17) is 14.2 Å². The minimum atomic E-state index is -0.746. The van der Waals surface area contributed by atoms with Gasteiger partial charge in [-0.3, -0.25) is 0 Å². The Labute approximate surface area is 173 Å². The molecule has 29 heavy (non-hydrogen) atoms. The van der Waals surface area contributed by atoms with Gasteiger partial charge in [0.1, 0.15) is 18.0 Å². The van der Waals surface area contributed by atoms with Crippen molar-refractivity contribution in [2.45, 2.75) is 77.5 Å². The van der Waals surface area contributed by atoms with Crippen LogP contribution in [0.4, 0.5) is 9.59 Å². The van der Waals surface area contributed by atoms with Crippen LogP contribution in [0.3, 0.4) is 0 Å². The second kappa shape index (κ2) is 9.99. The van der Waals surface area contributed by atoms with Crippen LogP contribution >= 0.6 is 0 Å². The zero-order valence-corrected chi connectivity index (χ0v) is 17.6. The van der Waals surface area contributed by atoms with Crippen LogP contribution in [0.2, 0.25) is 0 Å². The van der Waals surface area contributed by atoms with Crippen LogP contribution in [-0.2, 0) is 9.47 Å². The van der Waals surface area contributed by atoms with Gasteiger partial charge in [-0.25, -0.2) is 9.59 Å². The van der Waals surface area contributed by atoms with E-state index in [2.05, 4.69) is 26.1 Å². The van der Waals surface area contributed by atoms with Crippen LogP contribution in [0, 0.1) is 17.8 Å². The molecule has 0 bridgehead atoms. The highest BCUT2D eigenvalue weighted by Gasteiger charge is 2.36. The standard InChI is InChI=1S/C23H33NO5/c1-15(2)18-13-12-16(3)14-21(18)28-22(25)24-19-10-7-11-20(19)29-23(26)27-17-8-5-4-6-9-17/h4-6,8-9,15-16,18-21H,7,10-14H2,1-3H3,(H,24,25)/t16-,18+,19?,20?,21-/m1/s1. The average Bonchev–Trinajstić information content (AvgIpc) is 3.08. The number of carbonyl (C=O) groups is 2. The second-order valence-electron chi connectivity index (χ2n) is 8.77. The highest BCUT2D eigenvalue weighted by molar-refractivity contribution is 5.68. The van der Waals surface area contributed by atoms with Gasteiger partial charge in [0.2, 0.25) is 0 Å². The lowest BCUT2D eigenvalue weighted by Gasteiger charge is -2.37. The van der Waals surface area contributed by atoms with Gasteiger partial charge < -0.3 is 19.5 Å². The lowest BCUT2D eigenvalue weighted by atomic mass is 9.75. The summed E-state index contributed by atoms with van der Waals surface area (Å²) in [5.74, 6) is 1.88. The van der Waals surface area contributed by atoms with Gasteiger partial charge in [-0.15, -0.1) is 0 Å². The van der Waals surface area contributed by atoms with Gasteiger partial charge in [-0.1, -0.05) is 45.4 Å². The summed E-state index contributed by atoms with van der Waals surface area (Å²) >= 11 is 0. The number of hydrogen-bond acceptors (Lipinski definition) is 5. The van der Waals surface area contributed by atoms with Crippen molar-refractivity contribution in [3.8, 4) is 5.75 Å². The van der Waals surface area contributed by atoms with E-state index in [9.17, 15) is 9.59 Å². The maximum atomic E-state index is 12.6. The normalized spacial score (nSPS) is 29.3. The highest BCUT2D eigenvalue weighted by atomic mass is 16.7. The number of rotatable bonds is 5. The van der Waals surface area contributed by atoms with Crippen LogP contribution in [-0.4, -0.2) is 30.5 Å². The zero-order chi connectivity index (χ0) is 20.8. The topological polar surface area (TPSA) is 73.9 Å². The molecule has 6 heteroatoms. The van der Waals surface area contributed by atoms with Crippen LogP contribution in [0.15, 0.2) is 30.3 Å². The van der Waals surface area contributed by atoms with Crippen molar-refractivity contribution in [3.63, 3.8) is 0 Å². The van der Waals surface area contributed by atoms with Crippen molar-refractivity contribution >= 4 is 12.2 Å². The maximum Gasteiger partial charge on any atom is 0.514 e. The fraction of sp³-hybridized carbons (Fsp3) is 0.652. The predicted molar refractivity (Wildman–Crippen MR) is 110 cm³/mol. The average molecular weight is 404 g/mol. The molecule has 1 aromatic rings. The monoisotopic (exact) mass is 403 g/mol. The molecule has 0 aliphatic heterocycles. The summed E-state index contributed by atoms with van der Waals surface area (Å²) in [4.78, 5) is 24.6. The number of hydrogen-bond donors (Lipinski definition) is 1. The quantitative estimate of drug-likeness (QED) is 0.533. The SMILES string of the molecule is CC(C)[C@@H]1CC[C@@H](C)C[C@H]1OC(=O)NC1CCCC1OC(=O)Oc1ccccc1. The minimum absolute atomic E-state index is 0.0532. The Kier molecular flexibility index (Phi) is 7.40. The Bertz CT molecular complexity index is 677.